The zero-order valence-electron chi connectivity index (χ0n) is 13.5. The van der Waals surface area contributed by atoms with Crippen LogP contribution in [0.5, 0.6) is 0 Å². The van der Waals surface area contributed by atoms with Gasteiger partial charge >= 0.3 is 18.0 Å². The maximum Gasteiger partial charge on any atom is 0.459 e. The Morgan fingerprint density at radius 3 is 1.58 bits per heavy atom. The number of halogens is 7. The van der Waals surface area contributed by atoms with Gasteiger partial charge in [0.1, 0.15) is 0 Å². The molecule has 0 aliphatic carbocycles. The zero-order valence-corrected chi connectivity index (χ0v) is 14.3. The van der Waals surface area contributed by atoms with Gasteiger partial charge in [-0.1, -0.05) is 50.3 Å². The lowest BCUT2D eigenvalue weighted by Crippen LogP contribution is -2.51. The molecule has 0 aliphatic rings. The monoisotopic (exact) mass is 384 g/mol. The first-order valence-electron chi connectivity index (χ1n) is 7.87. The van der Waals surface area contributed by atoms with E-state index in [0.29, 0.717) is 6.42 Å². The van der Waals surface area contributed by atoms with Gasteiger partial charge in [-0.2, -0.15) is 30.7 Å². The molecule has 144 valence electrons. The summed E-state index contributed by atoms with van der Waals surface area (Å²) in [6, 6.07) is 0. The number of carbonyl (C=O) groups is 1. The minimum atomic E-state index is -6.24. The minimum Gasteiger partial charge on any atom is -0.288 e. The third kappa shape index (κ3) is 8.58. The molecule has 0 atom stereocenters. The van der Waals surface area contributed by atoms with Crippen LogP contribution in [0.4, 0.5) is 30.7 Å². The normalized spacial score (nSPS) is 13.3. The molecule has 0 saturated heterocycles. The van der Waals surface area contributed by atoms with Crippen molar-refractivity contribution in [1.82, 2.24) is 0 Å². The molecule has 0 saturated carbocycles. The molecule has 0 heterocycles. The molecule has 0 aromatic rings. The number of unbranched alkanes of at least 4 members (excludes halogenated alkanes) is 7. The maximum absolute atomic E-state index is 13.0. The van der Waals surface area contributed by atoms with E-state index in [9.17, 15) is 35.5 Å². The topological polar surface area (TPSA) is 17.1 Å². The molecule has 0 spiro atoms. The van der Waals surface area contributed by atoms with Gasteiger partial charge in [-0.3, -0.25) is 4.79 Å². The molecule has 0 bridgehead atoms. The molecule has 0 N–H and O–H groups in total. The van der Waals surface area contributed by atoms with Crippen molar-refractivity contribution >= 4 is 16.9 Å². The van der Waals surface area contributed by atoms with Crippen LogP contribution in [-0.2, 0) is 4.79 Å². The van der Waals surface area contributed by atoms with E-state index in [1.165, 1.54) is 18.7 Å². The van der Waals surface area contributed by atoms with Crippen molar-refractivity contribution in [2.45, 2.75) is 82.7 Å². The third-order valence-electron chi connectivity index (χ3n) is 3.51. The number of carbonyl (C=O) groups excluding carboxylic acids is 1. The second-order valence-corrected chi connectivity index (χ2v) is 6.97. The van der Waals surface area contributed by atoms with Crippen LogP contribution in [0.3, 0.4) is 0 Å². The number of alkyl halides is 7. The molecule has 9 heteroatoms. The van der Waals surface area contributed by atoms with Crippen molar-refractivity contribution in [3.05, 3.63) is 0 Å². The molecule has 0 rings (SSSR count). The average molecular weight is 384 g/mol. The standard InChI is InChI=1S/C15H23F7OS/c1-12(23)24-11-9-7-5-3-2-4-6-8-10-13(16,17)14(18,19)15(20,21)22/h2-11H2,1H3. The summed E-state index contributed by atoms with van der Waals surface area (Å²) in [5.74, 6) is -10.3. The fourth-order valence-corrected chi connectivity index (χ4v) is 2.73. The maximum atomic E-state index is 13.0. The van der Waals surface area contributed by atoms with Crippen LogP contribution in [0.15, 0.2) is 0 Å². The Balaban J connectivity index is 3.71. The van der Waals surface area contributed by atoms with E-state index in [2.05, 4.69) is 0 Å². The summed E-state index contributed by atoms with van der Waals surface area (Å²) >= 11 is 1.26. The van der Waals surface area contributed by atoms with Gasteiger partial charge in [0, 0.05) is 19.1 Å². The Kier molecular flexibility index (Phi) is 10.3. The van der Waals surface area contributed by atoms with Crippen LogP contribution in [0.25, 0.3) is 0 Å². The van der Waals surface area contributed by atoms with Crippen LogP contribution in [0.1, 0.15) is 64.7 Å². The van der Waals surface area contributed by atoms with Crippen molar-refractivity contribution in [2.75, 3.05) is 5.75 Å². The fraction of sp³-hybridized carbons (Fsp3) is 0.933. The van der Waals surface area contributed by atoms with Gasteiger partial charge in [0.25, 0.3) is 0 Å². The number of rotatable bonds is 12. The highest BCUT2D eigenvalue weighted by Crippen LogP contribution is 2.48. The van der Waals surface area contributed by atoms with E-state index in [4.69, 9.17) is 0 Å². The Bertz CT molecular complexity index is 369. The van der Waals surface area contributed by atoms with Gasteiger partial charge in [-0.05, 0) is 12.8 Å². The highest BCUT2D eigenvalue weighted by atomic mass is 32.2. The van der Waals surface area contributed by atoms with Crippen molar-refractivity contribution in [3.8, 4) is 0 Å². The SMILES string of the molecule is CC(=O)SCCCCCCCCCCC(F)(F)C(F)(F)C(F)(F)F. The summed E-state index contributed by atoms with van der Waals surface area (Å²) < 4.78 is 87.1. The van der Waals surface area contributed by atoms with Crippen molar-refractivity contribution in [2.24, 2.45) is 0 Å². The first-order valence-corrected chi connectivity index (χ1v) is 8.86. The van der Waals surface area contributed by atoms with Crippen molar-refractivity contribution in [3.63, 3.8) is 0 Å². The van der Waals surface area contributed by atoms with Gasteiger partial charge in [-0.15, -0.1) is 0 Å². The Labute approximate surface area is 141 Å². The van der Waals surface area contributed by atoms with E-state index in [1.807, 2.05) is 0 Å². The lowest BCUT2D eigenvalue weighted by molar-refractivity contribution is -0.355. The predicted molar refractivity (Wildman–Crippen MR) is 80.6 cm³/mol. The molecule has 1 nitrogen and oxygen atoms in total. The summed E-state index contributed by atoms with van der Waals surface area (Å²) in [4.78, 5) is 10.7. The molecule has 0 amide bonds. The van der Waals surface area contributed by atoms with E-state index >= 15 is 0 Å². The van der Waals surface area contributed by atoms with Gasteiger partial charge < -0.3 is 0 Å². The quantitative estimate of drug-likeness (QED) is 0.278. The Morgan fingerprint density at radius 2 is 1.17 bits per heavy atom. The number of hydrogen-bond acceptors (Lipinski definition) is 2. The van der Waals surface area contributed by atoms with E-state index in [-0.39, 0.29) is 18.0 Å². The summed E-state index contributed by atoms with van der Waals surface area (Å²) in [6.45, 7) is 1.50. The van der Waals surface area contributed by atoms with E-state index in [0.717, 1.165) is 37.9 Å². The number of thioether (sulfide) groups is 1. The highest BCUT2D eigenvalue weighted by Gasteiger charge is 2.72. The molecule has 0 unspecified atom stereocenters. The van der Waals surface area contributed by atoms with E-state index < -0.39 is 24.4 Å². The van der Waals surface area contributed by atoms with Gasteiger partial charge in [0.2, 0.25) is 0 Å². The molecule has 0 radical (unpaired) electrons. The Hall–Kier alpha value is -0.470. The zero-order chi connectivity index (χ0) is 18.9. The molecule has 0 aromatic heterocycles. The van der Waals surface area contributed by atoms with Gasteiger partial charge in [0.05, 0.1) is 0 Å². The summed E-state index contributed by atoms with van der Waals surface area (Å²) in [5, 5.41) is 0.0721. The lowest BCUT2D eigenvalue weighted by atomic mass is 10.0. The molecule has 0 aliphatic heterocycles. The second-order valence-electron chi connectivity index (χ2n) is 5.70. The largest absolute Gasteiger partial charge is 0.459 e. The van der Waals surface area contributed by atoms with Crippen LogP contribution < -0.4 is 0 Å². The summed E-state index contributed by atoms with van der Waals surface area (Å²) in [5.41, 5.74) is 0. The lowest BCUT2D eigenvalue weighted by Gasteiger charge is -2.28. The van der Waals surface area contributed by atoms with Crippen LogP contribution >= 0.6 is 11.8 Å². The molecular formula is C15H23F7OS. The molecule has 0 aromatic carbocycles. The second kappa shape index (κ2) is 10.5. The average Bonchev–Trinajstić information content (AvgIpc) is 2.42. The predicted octanol–water partition coefficient (Wildman–Crippen LogP) is 6.61. The van der Waals surface area contributed by atoms with Crippen molar-refractivity contribution < 1.29 is 35.5 Å². The fourth-order valence-electron chi connectivity index (χ4n) is 2.09. The smallest absolute Gasteiger partial charge is 0.288 e. The molecule has 24 heavy (non-hydrogen) atoms. The van der Waals surface area contributed by atoms with Gasteiger partial charge in [-0.25, -0.2) is 0 Å². The van der Waals surface area contributed by atoms with Crippen molar-refractivity contribution in [1.29, 1.82) is 0 Å². The van der Waals surface area contributed by atoms with E-state index in [1.54, 1.807) is 0 Å². The minimum absolute atomic E-state index is 0.0721. The summed E-state index contributed by atoms with van der Waals surface area (Å²) in [6.07, 6.45) is -3.02. The van der Waals surface area contributed by atoms with Crippen LogP contribution in [0, 0.1) is 0 Å². The molecular weight excluding hydrogens is 361 g/mol. The first-order chi connectivity index (χ1) is 10.9. The Morgan fingerprint density at radius 1 is 0.750 bits per heavy atom. The third-order valence-corrected chi connectivity index (χ3v) is 4.41. The number of hydrogen-bond donors (Lipinski definition) is 0. The van der Waals surface area contributed by atoms with Gasteiger partial charge in [0.15, 0.2) is 5.12 Å². The van der Waals surface area contributed by atoms with Crippen LogP contribution in [-0.4, -0.2) is 28.9 Å². The summed E-state index contributed by atoms with van der Waals surface area (Å²) in [7, 11) is 0. The first kappa shape index (κ1) is 23.5. The highest BCUT2D eigenvalue weighted by molar-refractivity contribution is 8.13. The molecule has 0 fully saturated rings. The van der Waals surface area contributed by atoms with Crippen LogP contribution in [0.2, 0.25) is 0 Å².